The quantitative estimate of drug-likeness (QED) is 0.325. The molecule has 1 aromatic heterocycles. The lowest BCUT2D eigenvalue weighted by Crippen LogP contribution is -2.39. The molecule has 1 atom stereocenters. The summed E-state index contributed by atoms with van der Waals surface area (Å²) in [5.41, 5.74) is 5.77. The van der Waals surface area contributed by atoms with Gasteiger partial charge in [0.25, 0.3) is 5.56 Å². The highest BCUT2D eigenvalue weighted by Gasteiger charge is 2.34. The molecular formula is C28H20Br2N2O3S. The number of nitrogens with zero attached hydrogens (tertiary/aromatic N) is 2. The van der Waals surface area contributed by atoms with Crippen LogP contribution in [0.15, 0.2) is 85.0 Å². The van der Waals surface area contributed by atoms with Gasteiger partial charge in [-0.25, -0.2) is 4.99 Å². The third kappa shape index (κ3) is 3.79. The van der Waals surface area contributed by atoms with Crippen molar-refractivity contribution in [3.8, 4) is 11.5 Å². The zero-order chi connectivity index (χ0) is 25.0. The summed E-state index contributed by atoms with van der Waals surface area (Å²) in [6.45, 7) is 0. The predicted octanol–water partition coefficient (Wildman–Crippen LogP) is 5.56. The van der Waals surface area contributed by atoms with Gasteiger partial charge in [0.2, 0.25) is 0 Å². The monoisotopic (exact) mass is 622 g/mol. The van der Waals surface area contributed by atoms with Crippen molar-refractivity contribution in [2.24, 2.45) is 4.99 Å². The number of para-hydroxylation sites is 1. The zero-order valence-electron chi connectivity index (χ0n) is 19.2. The number of allylic oxidation sites excluding steroid dienone is 1. The fourth-order valence-electron chi connectivity index (χ4n) is 5.03. The number of rotatable bonds is 3. The summed E-state index contributed by atoms with van der Waals surface area (Å²) in [4.78, 5) is 19.6. The number of methoxy groups -OCH3 is 1. The van der Waals surface area contributed by atoms with Gasteiger partial charge in [0, 0.05) is 21.2 Å². The van der Waals surface area contributed by atoms with Crippen molar-refractivity contribution in [3.63, 3.8) is 0 Å². The highest BCUT2D eigenvalue weighted by atomic mass is 79.9. The lowest BCUT2D eigenvalue weighted by molar-refractivity contribution is 0.402. The minimum atomic E-state index is -0.328. The number of aromatic hydroxyl groups is 1. The Kier molecular flexibility index (Phi) is 5.98. The summed E-state index contributed by atoms with van der Waals surface area (Å²) in [5.74, 6) is 0.816. The Morgan fingerprint density at radius 1 is 1.11 bits per heavy atom. The second-order valence-electron chi connectivity index (χ2n) is 8.68. The van der Waals surface area contributed by atoms with Crippen LogP contribution in [0, 0.1) is 0 Å². The maximum atomic E-state index is 13.9. The van der Waals surface area contributed by atoms with E-state index in [2.05, 4.69) is 50.1 Å². The van der Waals surface area contributed by atoms with Crippen LogP contribution < -0.4 is 19.6 Å². The van der Waals surface area contributed by atoms with Crippen LogP contribution in [0.4, 0.5) is 0 Å². The minimum Gasteiger partial charge on any atom is -0.506 e. The van der Waals surface area contributed by atoms with Crippen molar-refractivity contribution >= 4 is 55.0 Å². The predicted molar refractivity (Wildman–Crippen MR) is 149 cm³/mol. The third-order valence-electron chi connectivity index (χ3n) is 6.65. The third-order valence-corrected chi connectivity index (χ3v) is 8.70. The summed E-state index contributed by atoms with van der Waals surface area (Å²) in [7, 11) is 1.65. The molecule has 36 heavy (non-hydrogen) atoms. The zero-order valence-corrected chi connectivity index (χ0v) is 23.2. The molecule has 0 spiro atoms. The van der Waals surface area contributed by atoms with Crippen LogP contribution in [0.5, 0.6) is 11.5 Å². The number of thiazole rings is 1. The molecule has 5 nitrogen and oxygen atoms in total. The second kappa shape index (κ2) is 9.18. The van der Waals surface area contributed by atoms with Crippen molar-refractivity contribution in [1.82, 2.24) is 4.57 Å². The highest BCUT2D eigenvalue weighted by molar-refractivity contribution is 9.11. The van der Waals surface area contributed by atoms with Gasteiger partial charge in [-0.05, 0) is 64.2 Å². The fraction of sp³-hybridized carbons (Fsp3) is 0.143. The maximum absolute atomic E-state index is 13.9. The Hall–Kier alpha value is -2.94. The number of ether oxygens (including phenoxy) is 1. The highest BCUT2D eigenvalue weighted by Crippen LogP contribution is 2.43. The molecule has 1 aliphatic heterocycles. The molecule has 8 heteroatoms. The Morgan fingerprint density at radius 3 is 2.72 bits per heavy atom. The van der Waals surface area contributed by atoms with E-state index in [1.807, 2.05) is 30.3 Å². The van der Waals surface area contributed by atoms with E-state index in [9.17, 15) is 9.90 Å². The number of phenols is 1. The molecule has 1 aliphatic carbocycles. The van der Waals surface area contributed by atoms with Crippen LogP contribution >= 0.6 is 43.2 Å². The van der Waals surface area contributed by atoms with Gasteiger partial charge < -0.3 is 9.84 Å². The molecule has 6 rings (SSSR count). The van der Waals surface area contributed by atoms with E-state index < -0.39 is 0 Å². The average molecular weight is 624 g/mol. The molecule has 0 amide bonds. The molecule has 1 N–H and O–H groups in total. The first-order chi connectivity index (χ1) is 17.5. The Balaban J connectivity index is 1.66. The van der Waals surface area contributed by atoms with Gasteiger partial charge >= 0.3 is 0 Å². The summed E-state index contributed by atoms with van der Waals surface area (Å²) < 4.78 is 9.36. The van der Waals surface area contributed by atoms with Crippen molar-refractivity contribution in [3.05, 3.63) is 117 Å². The van der Waals surface area contributed by atoms with Gasteiger partial charge in [0.15, 0.2) is 4.80 Å². The number of fused-ring (bicyclic) bond motifs is 3. The number of hydrogen-bond acceptors (Lipinski definition) is 5. The summed E-state index contributed by atoms with van der Waals surface area (Å²) in [6.07, 6.45) is 3.42. The van der Waals surface area contributed by atoms with E-state index in [1.54, 1.807) is 29.9 Å². The van der Waals surface area contributed by atoms with Crippen LogP contribution in [-0.4, -0.2) is 16.8 Å². The average Bonchev–Trinajstić information content (AvgIpc) is 3.20. The fourth-order valence-corrected chi connectivity index (χ4v) is 7.28. The summed E-state index contributed by atoms with van der Waals surface area (Å²) in [5, 5.41) is 10.6. The van der Waals surface area contributed by atoms with E-state index >= 15 is 0 Å². The normalized spacial score (nSPS) is 16.8. The van der Waals surface area contributed by atoms with Crippen molar-refractivity contribution < 1.29 is 9.84 Å². The topological polar surface area (TPSA) is 63.8 Å². The SMILES string of the molecule is COc1ccccc1[C@H]1C2=C(N=c3s/c(=C/c4cc(Br)cc(Br)c4O)c(=O)n31)c1ccccc1CC2. The molecule has 0 unspecified atom stereocenters. The first-order valence-electron chi connectivity index (χ1n) is 11.4. The van der Waals surface area contributed by atoms with E-state index in [-0.39, 0.29) is 17.4 Å². The van der Waals surface area contributed by atoms with Gasteiger partial charge in [0.1, 0.15) is 11.5 Å². The molecule has 0 fully saturated rings. The molecule has 0 saturated carbocycles. The number of phenolic OH excluding ortho intramolecular Hbond substituents is 1. The molecule has 2 heterocycles. The second-order valence-corrected chi connectivity index (χ2v) is 11.5. The molecule has 0 radical (unpaired) electrons. The standard InChI is InChI=1S/C28H20Br2N2O3S/c1-35-22-9-5-4-8-19(22)25-20-11-10-15-6-2-3-7-18(15)24(20)31-28-32(25)27(34)23(36-28)13-16-12-17(29)14-21(30)26(16)33/h2-9,12-14,25,33H,10-11H2,1H3/b23-13+/t25-/m0/s1. The van der Waals surface area contributed by atoms with Crippen LogP contribution in [0.25, 0.3) is 11.8 Å². The molecule has 0 bridgehead atoms. The van der Waals surface area contributed by atoms with Crippen LogP contribution in [0.3, 0.4) is 0 Å². The summed E-state index contributed by atoms with van der Waals surface area (Å²) >= 11 is 8.18. The van der Waals surface area contributed by atoms with E-state index in [0.29, 0.717) is 19.4 Å². The summed E-state index contributed by atoms with van der Waals surface area (Å²) in [6, 6.07) is 19.4. The van der Waals surface area contributed by atoms with Crippen LogP contribution in [0.2, 0.25) is 0 Å². The molecule has 3 aromatic carbocycles. The number of halogens is 2. The maximum Gasteiger partial charge on any atom is 0.271 e. The molecule has 4 aromatic rings. The Morgan fingerprint density at radius 2 is 1.89 bits per heavy atom. The van der Waals surface area contributed by atoms with Crippen LogP contribution in [0.1, 0.15) is 34.7 Å². The van der Waals surface area contributed by atoms with E-state index in [0.717, 1.165) is 45.5 Å². The van der Waals surface area contributed by atoms with Gasteiger partial charge in [-0.15, -0.1) is 0 Å². The molecule has 2 aliphatic rings. The first kappa shape index (κ1) is 23.5. The van der Waals surface area contributed by atoms with Gasteiger partial charge in [-0.3, -0.25) is 9.36 Å². The van der Waals surface area contributed by atoms with Crippen molar-refractivity contribution in [1.29, 1.82) is 0 Å². The van der Waals surface area contributed by atoms with E-state index in [1.165, 1.54) is 16.9 Å². The number of aromatic nitrogens is 1. The minimum absolute atomic E-state index is 0.0820. The molecular weight excluding hydrogens is 604 g/mol. The molecule has 180 valence electrons. The Bertz CT molecular complexity index is 1750. The van der Waals surface area contributed by atoms with Gasteiger partial charge in [0.05, 0.1) is 27.9 Å². The Labute approximate surface area is 228 Å². The van der Waals surface area contributed by atoms with Crippen molar-refractivity contribution in [2.75, 3.05) is 7.11 Å². The number of hydrogen-bond donors (Lipinski definition) is 1. The number of benzene rings is 3. The largest absolute Gasteiger partial charge is 0.506 e. The van der Waals surface area contributed by atoms with Gasteiger partial charge in [-0.2, -0.15) is 0 Å². The smallest absolute Gasteiger partial charge is 0.271 e. The van der Waals surface area contributed by atoms with Gasteiger partial charge in [-0.1, -0.05) is 69.7 Å². The van der Waals surface area contributed by atoms with Crippen LogP contribution in [-0.2, 0) is 6.42 Å². The number of aryl methyl sites for hydroxylation is 1. The van der Waals surface area contributed by atoms with Crippen molar-refractivity contribution in [2.45, 2.75) is 18.9 Å². The lowest BCUT2D eigenvalue weighted by atomic mass is 9.83. The lowest BCUT2D eigenvalue weighted by Gasteiger charge is -2.31. The first-order valence-corrected chi connectivity index (χ1v) is 13.8. The van der Waals surface area contributed by atoms with E-state index in [4.69, 9.17) is 9.73 Å². The molecule has 0 saturated heterocycles.